The number of rotatable bonds is 9. The fraction of sp³-hybridized carbons (Fsp3) is 0.478. The highest BCUT2D eigenvalue weighted by molar-refractivity contribution is 5.23. The maximum atomic E-state index is 10.4. The summed E-state index contributed by atoms with van der Waals surface area (Å²) >= 11 is 0. The first-order valence-corrected chi connectivity index (χ1v) is 9.52. The smallest absolute Gasteiger partial charge is 0.0546 e. The predicted octanol–water partition coefficient (Wildman–Crippen LogP) is 5.59. The summed E-state index contributed by atoms with van der Waals surface area (Å²) in [7, 11) is 0. The molecule has 0 radical (unpaired) electrons. The molecule has 128 valence electrons. The number of hydrogen-bond donors (Lipinski definition) is 1. The van der Waals surface area contributed by atoms with E-state index in [9.17, 15) is 5.11 Å². The Kier molecular flexibility index (Phi) is 6.09. The highest BCUT2D eigenvalue weighted by Crippen LogP contribution is 2.48. The van der Waals surface area contributed by atoms with Crippen molar-refractivity contribution in [1.82, 2.24) is 0 Å². The molecule has 1 aliphatic carbocycles. The normalized spacial score (nSPS) is 18.1. The predicted molar refractivity (Wildman–Crippen MR) is 101 cm³/mol. The molecule has 24 heavy (non-hydrogen) atoms. The molecule has 3 atom stereocenters. The van der Waals surface area contributed by atoms with Crippen LogP contribution in [0.1, 0.15) is 56.1 Å². The highest BCUT2D eigenvalue weighted by Gasteiger charge is 2.38. The van der Waals surface area contributed by atoms with E-state index in [2.05, 4.69) is 60.7 Å². The van der Waals surface area contributed by atoms with Gasteiger partial charge in [-0.3, -0.25) is 0 Å². The van der Waals surface area contributed by atoms with Gasteiger partial charge in [-0.15, -0.1) is 0 Å². The van der Waals surface area contributed by atoms with E-state index in [1.54, 1.807) is 0 Å². The van der Waals surface area contributed by atoms with Gasteiger partial charge in [0.05, 0.1) is 6.10 Å². The third-order valence-electron chi connectivity index (χ3n) is 5.49. The number of benzene rings is 2. The van der Waals surface area contributed by atoms with Crippen molar-refractivity contribution < 1.29 is 5.11 Å². The summed E-state index contributed by atoms with van der Waals surface area (Å²) in [6, 6.07) is 21.6. The molecule has 1 aliphatic rings. The van der Waals surface area contributed by atoms with Crippen LogP contribution in [0.25, 0.3) is 0 Å². The second-order valence-corrected chi connectivity index (χ2v) is 7.41. The topological polar surface area (TPSA) is 20.2 Å². The lowest BCUT2D eigenvalue weighted by atomic mass is 9.77. The number of hydrogen-bond acceptors (Lipinski definition) is 1. The van der Waals surface area contributed by atoms with Crippen molar-refractivity contribution in [2.75, 3.05) is 0 Å². The van der Waals surface area contributed by atoms with Gasteiger partial charge in [-0.25, -0.2) is 0 Å². The second-order valence-electron chi connectivity index (χ2n) is 7.41. The lowest BCUT2D eigenvalue weighted by Gasteiger charge is -2.30. The molecule has 3 unspecified atom stereocenters. The van der Waals surface area contributed by atoms with Crippen molar-refractivity contribution in [1.29, 1.82) is 0 Å². The summed E-state index contributed by atoms with van der Waals surface area (Å²) < 4.78 is 0. The van der Waals surface area contributed by atoms with E-state index in [0.717, 1.165) is 18.8 Å². The monoisotopic (exact) mass is 322 g/mol. The molecule has 1 nitrogen and oxygen atoms in total. The molecule has 0 heterocycles. The van der Waals surface area contributed by atoms with Crippen molar-refractivity contribution >= 4 is 0 Å². The van der Waals surface area contributed by atoms with E-state index in [1.807, 2.05) is 6.92 Å². The third-order valence-corrected chi connectivity index (χ3v) is 5.49. The third kappa shape index (κ3) is 4.70. The Morgan fingerprint density at radius 3 is 2.12 bits per heavy atom. The summed E-state index contributed by atoms with van der Waals surface area (Å²) in [5, 5.41) is 10.4. The van der Waals surface area contributed by atoms with E-state index in [4.69, 9.17) is 0 Å². The largest absolute Gasteiger partial charge is 0.393 e. The number of aliphatic hydroxyl groups is 1. The van der Waals surface area contributed by atoms with Crippen molar-refractivity contribution in [2.24, 2.45) is 11.8 Å². The zero-order chi connectivity index (χ0) is 16.8. The van der Waals surface area contributed by atoms with Gasteiger partial charge in [0.25, 0.3) is 0 Å². The number of aliphatic hydroxyl groups excluding tert-OH is 1. The minimum absolute atomic E-state index is 0.229. The fourth-order valence-corrected chi connectivity index (χ4v) is 4.07. The van der Waals surface area contributed by atoms with Crippen LogP contribution in [0.15, 0.2) is 60.7 Å². The van der Waals surface area contributed by atoms with Crippen LogP contribution < -0.4 is 0 Å². The highest BCUT2D eigenvalue weighted by atomic mass is 16.3. The molecule has 3 rings (SSSR count). The fourth-order valence-electron chi connectivity index (χ4n) is 4.07. The van der Waals surface area contributed by atoms with Gasteiger partial charge in [-0.2, -0.15) is 0 Å². The minimum Gasteiger partial charge on any atom is -0.393 e. The molecular weight excluding hydrogens is 292 g/mol. The van der Waals surface area contributed by atoms with Crippen LogP contribution in [-0.2, 0) is 6.42 Å². The van der Waals surface area contributed by atoms with Gasteiger partial charge in [0.1, 0.15) is 0 Å². The quantitative estimate of drug-likeness (QED) is 0.597. The minimum atomic E-state index is -0.229. The first kappa shape index (κ1) is 17.2. The van der Waals surface area contributed by atoms with E-state index in [1.165, 1.54) is 36.8 Å². The van der Waals surface area contributed by atoms with Gasteiger partial charge < -0.3 is 5.11 Å². The number of aryl methyl sites for hydroxylation is 1. The number of unbranched alkanes of at least 4 members (excludes halogenated alkanes) is 1. The Labute approximate surface area is 146 Å². The van der Waals surface area contributed by atoms with Crippen LogP contribution in [-0.4, -0.2) is 11.2 Å². The summed E-state index contributed by atoms with van der Waals surface area (Å²) in [6.45, 7) is 1.99. The van der Waals surface area contributed by atoms with Gasteiger partial charge >= 0.3 is 0 Å². The zero-order valence-corrected chi connectivity index (χ0v) is 14.8. The molecule has 1 fully saturated rings. The van der Waals surface area contributed by atoms with Crippen molar-refractivity contribution in [2.45, 2.75) is 57.5 Å². The zero-order valence-electron chi connectivity index (χ0n) is 14.8. The summed E-state index contributed by atoms with van der Waals surface area (Å²) in [6.07, 6.45) is 7.10. The molecular formula is C23H30O. The molecule has 1 heteroatoms. The summed E-state index contributed by atoms with van der Waals surface area (Å²) in [4.78, 5) is 0. The average molecular weight is 322 g/mol. The molecule has 0 spiro atoms. The van der Waals surface area contributed by atoms with E-state index in [-0.39, 0.29) is 6.10 Å². The van der Waals surface area contributed by atoms with Gasteiger partial charge in [-0.1, -0.05) is 67.1 Å². The Balaban J connectivity index is 1.59. The van der Waals surface area contributed by atoms with Crippen LogP contribution in [0.4, 0.5) is 0 Å². The van der Waals surface area contributed by atoms with Crippen LogP contribution >= 0.6 is 0 Å². The van der Waals surface area contributed by atoms with E-state index in [0.29, 0.717) is 11.8 Å². The maximum absolute atomic E-state index is 10.4. The van der Waals surface area contributed by atoms with Crippen LogP contribution in [0, 0.1) is 11.8 Å². The van der Waals surface area contributed by atoms with E-state index >= 15 is 0 Å². The van der Waals surface area contributed by atoms with Crippen LogP contribution in [0.2, 0.25) is 0 Å². The Hall–Kier alpha value is -1.60. The molecule has 0 amide bonds. The molecule has 0 saturated heterocycles. The SMILES string of the molecule is CC(O)C(CCCCc1ccccc1)C(c1ccccc1)C1CC1. The van der Waals surface area contributed by atoms with Crippen LogP contribution in [0.3, 0.4) is 0 Å². The first-order valence-electron chi connectivity index (χ1n) is 9.52. The lowest BCUT2D eigenvalue weighted by Crippen LogP contribution is -2.26. The van der Waals surface area contributed by atoms with Crippen LogP contribution in [0.5, 0.6) is 0 Å². The van der Waals surface area contributed by atoms with Gasteiger partial charge in [0, 0.05) is 0 Å². The Morgan fingerprint density at radius 2 is 1.54 bits per heavy atom. The van der Waals surface area contributed by atoms with Crippen molar-refractivity contribution in [3.05, 3.63) is 71.8 Å². The first-order chi connectivity index (χ1) is 11.8. The Bertz CT molecular complexity index is 586. The molecule has 2 aromatic rings. The summed E-state index contributed by atoms with van der Waals surface area (Å²) in [5.41, 5.74) is 2.85. The molecule has 1 saturated carbocycles. The van der Waals surface area contributed by atoms with Crippen molar-refractivity contribution in [3.8, 4) is 0 Å². The lowest BCUT2D eigenvalue weighted by molar-refractivity contribution is 0.0950. The molecule has 0 aromatic heterocycles. The Morgan fingerprint density at radius 1 is 0.917 bits per heavy atom. The van der Waals surface area contributed by atoms with Gasteiger partial charge in [0.15, 0.2) is 0 Å². The molecule has 1 N–H and O–H groups in total. The molecule has 0 aliphatic heterocycles. The molecule has 0 bridgehead atoms. The summed E-state index contributed by atoms with van der Waals surface area (Å²) in [5.74, 6) is 1.69. The average Bonchev–Trinajstić information content (AvgIpc) is 3.44. The standard InChI is InChI=1S/C23H30O/c1-18(24)22(15-9-8-12-19-10-4-2-5-11-19)23(21-16-17-21)20-13-6-3-7-14-20/h2-7,10-11,13-14,18,21-24H,8-9,12,15-17H2,1H3. The van der Waals surface area contributed by atoms with Crippen molar-refractivity contribution in [3.63, 3.8) is 0 Å². The van der Waals surface area contributed by atoms with Gasteiger partial charge in [0.2, 0.25) is 0 Å². The molecule has 2 aromatic carbocycles. The second kappa shape index (κ2) is 8.48. The van der Waals surface area contributed by atoms with Gasteiger partial charge in [-0.05, 0) is 67.9 Å². The maximum Gasteiger partial charge on any atom is 0.0546 e. The van der Waals surface area contributed by atoms with E-state index < -0.39 is 0 Å².